The van der Waals surface area contributed by atoms with Crippen molar-refractivity contribution in [3.05, 3.63) is 59.7 Å². The van der Waals surface area contributed by atoms with Crippen LogP contribution >= 0.6 is 0 Å². The molecule has 0 N–H and O–H groups in total. The van der Waals surface area contributed by atoms with Gasteiger partial charge in [-0.25, -0.2) is 8.42 Å². The van der Waals surface area contributed by atoms with Gasteiger partial charge in [-0.15, -0.1) is 0 Å². The van der Waals surface area contributed by atoms with Gasteiger partial charge in [0.15, 0.2) is 0 Å². The van der Waals surface area contributed by atoms with Gasteiger partial charge in [-0.3, -0.25) is 0 Å². The second-order valence-electron chi connectivity index (χ2n) is 6.58. The summed E-state index contributed by atoms with van der Waals surface area (Å²) in [5.74, 6) is 0.505. The summed E-state index contributed by atoms with van der Waals surface area (Å²) in [6, 6.07) is 14.7. The van der Waals surface area contributed by atoms with Crippen LogP contribution in [0, 0.1) is 6.92 Å². The Labute approximate surface area is 139 Å². The Balaban J connectivity index is 1.95. The van der Waals surface area contributed by atoms with Crippen LogP contribution in [0.25, 0.3) is 0 Å². The monoisotopic (exact) mass is 328 g/mol. The number of hydrogen-bond acceptors (Lipinski definition) is 2. The van der Waals surface area contributed by atoms with E-state index in [1.165, 1.54) is 44.1 Å². The van der Waals surface area contributed by atoms with Crippen LogP contribution in [0.3, 0.4) is 0 Å². The van der Waals surface area contributed by atoms with Crippen molar-refractivity contribution in [2.45, 2.75) is 61.2 Å². The zero-order valence-corrected chi connectivity index (χ0v) is 14.5. The fourth-order valence-electron chi connectivity index (χ4n) is 3.47. The van der Waals surface area contributed by atoms with Gasteiger partial charge in [-0.1, -0.05) is 49.9 Å². The van der Waals surface area contributed by atoms with Gasteiger partial charge in [-0.05, 0) is 61.1 Å². The van der Waals surface area contributed by atoms with E-state index in [2.05, 4.69) is 6.07 Å². The largest absolute Gasteiger partial charge is 0.219 e. The quantitative estimate of drug-likeness (QED) is 0.720. The standard InChI is InChI=1S/C20H24O2S/c1-16-8-6-12-19(14-16)23(21,22)20-13-7-11-18(15-20)17-9-4-2-3-5-10-17/h6-8,11-15,17H,2-5,9-10H2,1H3. The molecule has 1 aliphatic carbocycles. The first-order chi connectivity index (χ1) is 11.1. The minimum Gasteiger partial charge on any atom is -0.219 e. The lowest BCUT2D eigenvalue weighted by atomic mass is 9.92. The normalized spacial score (nSPS) is 16.9. The zero-order chi connectivity index (χ0) is 16.3. The van der Waals surface area contributed by atoms with Crippen LogP contribution in [-0.4, -0.2) is 8.42 Å². The van der Waals surface area contributed by atoms with Gasteiger partial charge < -0.3 is 0 Å². The van der Waals surface area contributed by atoms with E-state index in [-0.39, 0.29) is 0 Å². The molecule has 0 saturated heterocycles. The highest BCUT2D eigenvalue weighted by molar-refractivity contribution is 7.91. The molecule has 2 nitrogen and oxygen atoms in total. The molecule has 1 saturated carbocycles. The summed E-state index contributed by atoms with van der Waals surface area (Å²) in [5, 5.41) is 0. The second-order valence-corrected chi connectivity index (χ2v) is 8.53. The van der Waals surface area contributed by atoms with Crippen molar-refractivity contribution in [2.75, 3.05) is 0 Å². The molecule has 2 aromatic carbocycles. The molecule has 122 valence electrons. The van der Waals surface area contributed by atoms with Crippen molar-refractivity contribution in [3.8, 4) is 0 Å². The number of hydrogen-bond donors (Lipinski definition) is 0. The van der Waals surface area contributed by atoms with E-state index in [0.29, 0.717) is 15.7 Å². The number of rotatable bonds is 3. The van der Waals surface area contributed by atoms with Crippen molar-refractivity contribution in [1.82, 2.24) is 0 Å². The predicted molar refractivity (Wildman–Crippen MR) is 93.5 cm³/mol. The van der Waals surface area contributed by atoms with E-state index in [1.807, 2.05) is 25.1 Å². The molecule has 0 aliphatic heterocycles. The molecule has 23 heavy (non-hydrogen) atoms. The van der Waals surface area contributed by atoms with Crippen LogP contribution in [0.1, 0.15) is 55.6 Å². The lowest BCUT2D eigenvalue weighted by Gasteiger charge is -2.15. The molecule has 2 aromatic rings. The van der Waals surface area contributed by atoms with E-state index >= 15 is 0 Å². The van der Waals surface area contributed by atoms with E-state index in [9.17, 15) is 8.42 Å². The van der Waals surface area contributed by atoms with Gasteiger partial charge in [0.05, 0.1) is 9.79 Å². The molecular weight excluding hydrogens is 304 g/mol. The van der Waals surface area contributed by atoms with Gasteiger partial charge in [0.2, 0.25) is 9.84 Å². The van der Waals surface area contributed by atoms with Crippen LogP contribution in [-0.2, 0) is 9.84 Å². The summed E-state index contributed by atoms with van der Waals surface area (Å²) in [6.07, 6.45) is 7.45. The van der Waals surface area contributed by atoms with Crippen molar-refractivity contribution < 1.29 is 8.42 Å². The molecule has 1 fully saturated rings. The molecule has 3 heteroatoms. The van der Waals surface area contributed by atoms with Crippen LogP contribution in [0.4, 0.5) is 0 Å². The van der Waals surface area contributed by atoms with Gasteiger partial charge in [-0.2, -0.15) is 0 Å². The highest BCUT2D eigenvalue weighted by Crippen LogP contribution is 2.33. The Kier molecular flexibility index (Phi) is 4.86. The van der Waals surface area contributed by atoms with Crippen molar-refractivity contribution >= 4 is 9.84 Å². The van der Waals surface area contributed by atoms with Crippen LogP contribution < -0.4 is 0 Å². The number of sulfone groups is 1. The molecule has 0 heterocycles. The SMILES string of the molecule is Cc1cccc(S(=O)(=O)c2cccc(C3CCCCCC3)c2)c1. The summed E-state index contributed by atoms with van der Waals surface area (Å²) in [6.45, 7) is 1.92. The predicted octanol–water partition coefficient (Wildman–Crippen LogP) is 5.27. The van der Waals surface area contributed by atoms with Crippen LogP contribution in [0.2, 0.25) is 0 Å². The summed E-state index contributed by atoms with van der Waals surface area (Å²) in [4.78, 5) is 0.806. The molecule has 0 spiro atoms. The van der Waals surface area contributed by atoms with E-state index in [1.54, 1.807) is 24.3 Å². The topological polar surface area (TPSA) is 34.1 Å². The van der Waals surface area contributed by atoms with Crippen LogP contribution in [0.5, 0.6) is 0 Å². The first-order valence-corrected chi connectivity index (χ1v) is 9.97. The minimum atomic E-state index is -3.43. The lowest BCUT2D eigenvalue weighted by Crippen LogP contribution is -2.04. The number of benzene rings is 2. The third-order valence-electron chi connectivity index (χ3n) is 4.79. The van der Waals surface area contributed by atoms with Gasteiger partial charge in [0.1, 0.15) is 0 Å². The van der Waals surface area contributed by atoms with Gasteiger partial charge in [0, 0.05) is 0 Å². The smallest absolute Gasteiger partial charge is 0.206 e. The van der Waals surface area contributed by atoms with Crippen molar-refractivity contribution in [1.29, 1.82) is 0 Å². The van der Waals surface area contributed by atoms with Gasteiger partial charge in [0.25, 0.3) is 0 Å². The van der Waals surface area contributed by atoms with E-state index < -0.39 is 9.84 Å². The molecule has 1 aliphatic rings. The molecule has 0 radical (unpaired) electrons. The maximum Gasteiger partial charge on any atom is 0.206 e. The maximum atomic E-state index is 12.9. The van der Waals surface area contributed by atoms with Crippen molar-refractivity contribution in [3.63, 3.8) is 0 Å². The molecule has 0 amide bonds. The zero-order valence-electron chi connectivity index (χ0n) is 13.7. The molecule has 0 atom stereocenters. The maximum absolute atomic E-state index is 12.9. The lowest BCUT2D eigenvalue weighted by molar-refractivity contribution is 0.586. The Morgan fingerprint density at radius 3 is 2.09 bits per heavy atom. The average molecular weight is 328 g/mol. The summed E-state index contributed by atoms with van der Waals surface area (Å²) in [5.41, 5.74) is 2.15. The fourth-order valence-corrected chi connectivity index (χ4v) is 4.89. The van der Waals surface area contributed by atoms with Crippen molar-refractivity contribution in [2.24, 2.45) is 0 Å². The van der Waals surface area contributed by atoms with E-state index in [0.717, 1.165) is 5.56 Å². The molecule has 3 rings (SSSR count). The Morgan fingerprint density at radius 1 is 0.826 bits per heavy atom. The third-order valence-corrected chi connectivity index (χ3v) is 6.54. The third kappa shape index (κ3) is 3.66. The first-order valence-electron chi connectivity index (χ1n) is 8.49. The Morgan fingerprint density at radius 2 is 1.43 bits per heavy atom. The summed E-state index contributed by atoms with van der Waals surface area (Å²) < 4.78 is 25.8. The summed E-state index contributed by atoms with van der Waals surface area (Å²) >= 11 is 0. The minimum absolute atomic E-state index is 0.385. The Bertz CT molecular complexity index is 770. The van der Waals surface area contributed by atoms with Gasteiger partial charge >= 0.3 is 0 Å². The van der Waals surface area contributed by atoms with Crippen LogP contribution in [0.15, 0.2) is 58.3 Å². The fraction of sp³-hybridized carbons (Fsp3) is 0.400. The second kappa shape index (κ2) is 6.88. The highest BCUT2D eigenvalue weighted by Gasteiger charge is 2.20. The molecule has 0 bridgehead atoms. The molecule has 0 unspecified atom stereocenters. The molecule has 0 aromatic heterocycles. The van der Waals surface area contributed by atoms with E-state index in [4.69, 9.17) is 0 Å². The first kappa shape index (κ1) is 16.3. The average Bonchev–Trinajstić information content (AvgIpc) is 2.84. The molecular formula is C20H24O2S. The highest BCUT2D eigenvalue weighted by atomic mass is 32.2. The number of aryl methyl sites for hydroxylation is 1. The summed E-state index contributed by atoms with van der Waals surface area (Å²) in [7, 11) is -3.43. The Hall–Kier alpha value is -1.61.